The van der Waals surface area contributed by atoms with Crippen LogP contribution in [-0.4, -0.2) is 32.0 Å². The fraction of sp³-hybridized carbons (Fsp3) is 0.231. The van der Waals surface area contributed by atoms with E-state index in [0.717, 1.165) is 0 Å². The number of aromatic nitrogens is 5. The van der Waals surface area contributed by atoms with E-state index < -0.39 is 6.36 Å². The van der Waals surface area contributed by atoms with Crippen LogP contribution >= 0.6 is 0 Å². The van der Waals surface area contributed by atoms with Gasteiger partial charge in [-0.3, -0.25) is 0 Å². The molecule has 0 radical (unpaired) electrons. The van der Waals surface area contributed by atoms with Crippen molar-refractivity contribution < 1.29 is 17.9 Å². The third-order valence-corrected chi connectivity index (χ3v) is 2.98. The first kappa shape index (κ1) is 15.0. The van der Waals surface area contributed by atoms with Crippen LogP contribution in [0.3, 0.4) is 0 Å². The Morgan fingerprint density at radius 3 is 2.83 bits per heavy atom. The van der Waals surface area contributed by atoms with E-state index in [9.17, 15) is 13.2 Å². The number of aryl methyl sites for hydroxylation is 1. The molecule has 0 aliphatic rings. The summed E-state index contributed by atoms with van der Waals surface area (Å²) in [5.41, 5.74) is 1.27. The van der Waals surface area contributed by atoms with Crippen LogP contribution < -0.4 is 10.1 Å². The third kappa shape index (κ3) is 3.47. The normalized spacial score (nSPS) is 11.7. The first-order valence-electron chi connectivity index (χ1n) is 6.55. The lowest BCUT2D eigenvalue weighted by Crippen LogP contribution is -2.17. The largest absolute Gasteiger partial charge is 0.573 e. The van der Waals surface area contributed by atoms with Gasteiger partial charge < -0.3 is 10.1 Å². The molecule has 3 rings (SSSR count). The van der Waals surface area contributed by atoms with Crippen molar-refractivity contribution in [1.82, 2.24) is 25.6 Å². The predicted molar refractivity (Wildman–Crippen MR) is 74.7 cm³/mol. The number of nitrogens with one attached hydrogen (secondary N) is 2. The lowest BCUT2D eigenvalue weighted by Gasteiger charge is -2.14. The number of alkyl halides is 3. The summed E-state index contributed by atoms with van der Waals surface area (Å²) in [6, 6.07) is 6.08. The summed E-state index contributed by atoms with van der Waals surface area (Å²) in [6.07, 6.45) is -4.78. The van der Waals surface area contributed by atoms with E-state index in [0.29, 0.717) is 22.6 Å². The van der Waals surface area contributed by atoms with Crippen molar-refractivity contribution >= 4 is 16.6 Å². The zero-order chi connectivity index (χ0) is 16.4. The quantitative estimate of drug-likeness (QED) is 0.767. The smallest absolute Gasteiger partial charge is 0.403 e. The molecule has 0 atom stereocenters. The summed E-state index contributed by atoms with van der Waals surface area (Å²) in [4.78, 5) is 4.15. The number of nitrogens with zero attached hydrogens (tertiary/aromatic N) is 4. The van der Waals surface area contributed by atoms with Gasteiger partial charge >= 0.3 is 6.36 Å². The van der Waals surface area contributed by atoms with Crippen LogP contribution in [0.2, 0.25) is 0 Å². The molecule has 0 unspecified atom stereocenters. The summed E-state index contributed by atoms with van der Waals surface area (Å²) in [5.74, 6) is 0.0802. The van der Waals surface area contributed by atoms with Crippen molar-refractivity contribution in [2.24, 2.45) is 0 Å². The van der Waals surface area contributed by atoms with E-state index in [1.54, 1.807) is 19.1 Å². The maximum atomic E-state index is 12.5. The molecule has 0 amide bonds. The second kappa shape index (κ2) is 5.71. The first-order valence-corrected chi connectivity index (χ1v) is 6.55. The molecule has 120 valence electrons. The molecule has 2 heterocycles. The van der Waals surface area contributed by atoms with Gasteiger partial charge in [0.25, 0.3) is 0 Å². The summed E-state index contributed by atoms with van der Waals surface area (Å²) < 4.78 is 41.6. The number of anilines is 1. The second-order valence-corrected chi connectivity index (χ2v) is 4.69. The van der Waals surface area contributed by atoms with Crippen LogP contribution in [0.15, 0.2) is 24.3 Å². The van der Waals surface area contributed by atoms with Gasteiger partial charge in [0.05, 0.1) is 6.54 Å². The monoisotopic (exact) mass is 324 g/mol. The lowest BCUT2D eigenvalue weighted by atomic mass is 10.1. The van der Waals surface area contributed by atoms with Gasteiger partial charge in [0, 0.05) is 16.8 Å². The number of halogens is 3. The number of para-hydroxylation sites is 1. The number of ether oxygens (including phenoxy) is 1. The molecule has 0 bridgehead atoms. The highest BCUT2D eigenvalue weighted by Crippen LogP contribution is 2.33. The van der Waals surface area contributed by atoms with Gasteiger partial charge in [0.1, 0.15) is 5.52 Å². The number of pyridine rings is 1. The van der Waals surface area contributed by atoms with Crippen LogP contribution in [0, 0.1) is 6.92 Å². The fourth-order valence-corrected chi connectivity index (χ4v) is 2.14. The van der Waals surface area contributed by atoms with E-state index >= 15 is 0 Å². The van der Waals surface area contributed by atoms with Gasteiger partial charge in [0.15, 0.2) is 11.6 Å². The van der Waals surface area contributed by atoms with Gasteiger partial charge in [-0.15, -0.1) is 23.4 Å². The Morgan fingerprint density at radius 1 is 1.30 bits per heavy atom. The van der Waals surface area contributed by atoms with Gasteiger partial charge in [-0.2, -0.15) is 5.21 Å². The Hall–Kier alpha value is -2.91. The average Bonchev–Trinajstić information content (AvgIpc) is 2.97. The van der Waals surface area contributed by atoms with E-state index in [1.807, 2.05) is 0 Å². The minimum absolute atomic E-state index is 0.125. The Morgan fingerprint density at radius 2 is 2.13 bits per heavy atom. The molecule has 3 aromatic rings. The minimum Gasteiger partial charge on any atom is -0.403 e. The topological polar surface area (TPSA) is 88.6 Å². The average molecular weight is 324 g/mol. The zero-order valence-electron chi connectivity index (χ0n) is 11.8. The van der Waals surface area contributed by atoms with Crippen LogP contribution in [0.4, 0.5) is 18.9 Å². The maximum Gasteiger partial charge on any atom is 0.573 e. The van der Waals surface area contributed by atoms with Crippen LogP contribution in [0.1, 0.15) is 11.5 Å². The molecule has 0 fully saturated rings. The molecular weight excluding hydrogens is 313 g/mol. The van der Waals surface area contributed by atoms with Gasteiger partial charge in [-0.1, -0.05) is 17.3 Å². The van der Waals surface area contributed by atoms with E-state index in [1.165, 1.54) is 12.1 Å². The van der Waals surface area contributed by atoms with Crippen LogP contribution in [-0.2, 0) is 6.54 Å². The first-order chi connectivity index (χ1) is 10.9. The van der Waals surface area contributed by atoms with Gasteiger partial charge in [-0.05, 0) is 19.1 Å². The third-order valence-electron chi connectivity index (χ3n) is 2.98. The van der Waals surface area contributed by atoms with E-state index in [2.05, 4.69) is 35.7 Å². The van der Waals surface area contributed by atoms with Gasteiger partial charge in [-0.25, -0.2) is 4.98 Å². The van der Waals surface area contributed by atoms with Crippen molar-refractivity contribution in [3.05, 3.63) is 35.8 Å². The lowest BCUT2D eigenvalue weighted by molar-refractivity contribution is -0.274. The van der Waals surface area contributed by atoms with Crippen molar-refractivity contribution in [3.63, 3.8) is 0 Å². The van der Waals surface area contributed by atoms with Gasteiger partial charge in [0.2, 0.25) is 0 Å². The highest BCUT2D eigenvalue weighted by Gasteiger charge is 2.32. The second-order valence-electron chi connectivity index (χ2n) is 4.69. The van der Waals surface area contributed by atoms with Crippen molar-refractivity contribution in [2.45, 2.75) is 19.8 Å². The number of tetrazole rings is 1. The standard InChI is InChI=1S/C13H11F3N6O/c1-7-5-9(17-6-11-19-21-22-20-11)8-3-2-4-10(12(8)18-7)23-13(14,15)16/h2-5H,6H2,1H3,(H,17,18)(H,19,20,21,22). The number of rotatable bonds is 4. The Labute approximate surface area is 127 Å². The fourth-order valence-electron chi connectivity index (χ4n) is 2.14. The number of hydrogen-bond donors (Lipinski definition) is 2. The molecule has 23 heavy (non-hydrogen) atoms. The summed E-state index contributed by atoms with van der Waals surface area (Å²) in [7, 11) is 0. The Balaban J connectivity index is 1.99. The maximum absolute atomic E-state index is 12.5. The molecular formula is C13H11F3N6O. The Kier molecular flexibility index (Phi) is 3.72. The molecule has 0 saturated heterocycles. The molecule has 0 saturated carbocycles. The Bertz CT molecular complexity index is 818. The van der Waals surface area contributed by atoms with E-state index in [4.69, 9.17) is 0 Å². The van der Waals surface area contributed by atoms with Crippen LogP contribution in [0.5, 0.6) is 5.75 Å². The highest BCUT2D eigenvalue weighted by atomic mass is 19.4. The number of fused-ring (bicyclic) bond motifs is 1. The number of hydrogen-bond acceptors (Lipinski definition) is 6. The number of benzene rings is 1. The number of aromatic amines is 1. The summed E-state index contributed by atoms with van der Waals surface area (Å²) in [5, 5.41) is 16.9. The molecule has 2 N–H and O–H groups in total. The summed E-state index contributed by atoms with van der Waals surface area (Å²) in [6.45, 7) is 1.95. The minimum atomic E-state index is -4.78. The van der Waals surface area contributed by atoms with Crippen molar-refractivity contribution in [3.8, 4) is 5.75 Å². The molecule has 7 nitrogen and oxygen atoms in total. The SMILES string of the molecule is Cc1cc(NCc2nn[nH]n2)c2cccc(OC(F)(F)F)c2n1. The highest BCUT2D eigenvalue weighted by molar-refractivity contribution is 5.95. The molecule has 0 aliphatic heterocycles. The molecule has 1 aromatic carbocycles. The zero-order valence-corrected chi connectivity index (χ0v) is 11.8. The van der Waals surface area contributed by atoms with Crippen molar-refractivity contribution in [1.29, 1.82) is 0 Å². The number of H-pyrrole nitrogens is 1. The van der Waals surface area contributed by atoms with Crippen molar-refractivity contribution in [2.75, 3.05) is 5.32 Å². The van der Waals surface area contributed by atoms with Crippen LogP contribution in [0.25, 0.3) is 10.9 Å². The predicted octanol–water partition coefficient (Wildman–Crippen LogP) is 2.57. The molecule has 2 aromatic heterocycles. The molecule has 10 heteroatoms. The molecule has 0 spiro atoms. The summed E-state index contributed by atoms with van der Waals surface area (Å²) >= 11 is 0. The van der Waals surface area contributed by atoms with E-state index in [-0.39, 0.29) is 17.8 Å². The molecule has 0 aliphatic carbocycles.